The zero-order valence-corrected chi connectivity index (χ0v) is 16.4. The Kier molecular flexibility index (Phi) is 6.53. The highest BCUT2D eigenvalue weighted by Gasteiger charge is 2.11. The molecule has 6 nitrogen and oxygen atoms in total. The molecule has 0 unspecified atom stereocenters. The van der Waals surface area contributed by atoms with Gasteiger partial charge in [-0.2, -0.15) is 0 Å². The summed E-state index contributed by atoms with van der Waals surface area (Å²) in [6, 6.07) is 8.75. The number of anilines is 2. The van der Waals surface area contributed by atoms with Gasteiger partial charge in [0.1, 0.15) is 5.69 Å². The van der Waals surface area contributed by atoms with Crippen molar-refractivity contribution >= 4 is 23.3 Å². The minimum Gasteiger partial charge on any atom is -0.350 e. The van der Waals surface area contributed by atoms with Crippen LogP contribution in [0, 0.1) is 6.92 Å². The first-order chi connectivity index (χ1) is 13.5. The molecule has 28 heavy (non-hydrogen) atoms. The molecule has 146 valence electrons. The van der Waals surface area contributed by atoms with E-state index in [1.165, 1.54) is 25.3 Å². The molecule has 1 aliphatic rings. The highest BCUT2D eigenvalue weighted by Crippen LogP contribution is 2.19. The van der Waals surface area contributed by atoms with E-state index < -0.39 is 0 Å². The second kappa shape index (κ2) is 9.26. The number of nitrogens with zero attached hydrogens (tertiary/aromatic N) is 2. The molecule has 1 amide bonds. The minimum atomic E-state index is -0.197. The molecule has 0 atom stereocenters. The average molecular weight is 378 g/mol. The maximum Gasteiger partial charge on any atom is 0.270 e. The lowest BCUT2D eigenvalue weighted by atomic mass is 9.97. The van der Waals surface area contributed by atoms with Crippen molar-refractivity contribution in [1.82, 2.24) is 15.3 Å². The van der Waals surface area contributed by atoms with Gasteiger partial charge in [0, 0.05) is 23.5 Å². The Morgan fingerprint density at radius 3 is 2.57 bits per heavy atom. The lowest BCUT2D eigenvalue weighted by Crippen LogP contribution is -2.26. The SMILES string of the molecule is CC(=O)c1ccc(Nc2nc(C)cc(C(=O)NCCC3=CCCCC3)n2)cc1. The predicted octanol–water partition coefficient (Wildman–Crippen LogP) is 4.35. The van der Waals surface area contributed by atoms with Gasteiger partial charge in [-0.25, -0.2) is 9.97 Å². The third kappa shape index (κ3) is 5.49. The maximum absolute atomic E-state index is 12.5. The van der Waals surface area contributed by atoms with Crippen LogP contribution < -0.4 is 10.6 Å². The maximum atomic E-state index is 12.5. The highest BCUT2D eigenvalue weighted by molar-refractivity contribution is 5.94. The molecule has 1 aromatic carbocycles. The van der Waals surface area contributed by atoms with Crippen molar-refractivity contribution in [2.24, 2.45) is 0 Å². The molecule has 0 saturated heterocycles. The number of hydrogen-bond acceptors (Lipinski definition) is 5. The summed E-state index contributed by atoms with van der Waals surface area (Å²) < 4.78 is 0. The largest absolute Gasteiger partial charge is 0.350 e. The predicted molar refractivity (Wildman–Crippen MR) is 110 cm³/mol. The number of amides is 1. The van der Waals surface area contributed by atoms with Crippen LogP contribution in [0.3, 0.4) is 0 Å². The number of carbonyl (C=O) groups excluding carboxylic acids is 2. The van der Waals surface area contributed by atoms with Crippen LogP contribution in [-0.4, -0.2) is 28.2 Å². The van der Waals surface area contributed by atoms with Gasteiger partial charge in [0.15, 0.2) is 5.78 Å². The summed E-state index contributed by atoms with van der Waals surface area (Å²) in [6.45, 7) is 3.97. The average Bonchev–Trinajstić information content (AvgIpc) is 2.68. The molecule has 0 spiro atoms. The molecule has 0 fully saturated rings. The second-order valence-corrected chi connectivity index (χ2v) is 7.09. The van der Waals surface area contributed by atoms with Gasteiger partial charge in [0.25, 0.3) is 5.91 Å². The van der Waals surface area contributed by atoms with Crippen molar-refractivity contribution < 1.29 is 9.59 Å². The summed E-state index contributed by atoms with van der Waals surface area (Å²) >= 11 is 0. The van der Waals surface area contributed by atoms with Crippen LogP contribution in [0.5, 0.6) is 0 Å². The van der Waals surface area contributed by atoms with Crippen LogP contribution >= 0.6 is 0 Å². The molecule has 1 heterocycles. The summed E-state index contributed by atoms with van der Waals surface area (Å²) in [5.74, 6) is 0.175. The molecule has 3 rings (SSSR count). The lowest BCUT2D eigenvalue weighted by molar-refractivity contribution is 0.0948. The minimum absolute atomic E-state index is 0.0151. The molecular formula is C22H26N4O2. The van der Waals surface area contributed by atoms with Crippen LogP contribution in [0.4, 0.5) is 11.6 Å². The van der Waals surface area contributed by atoms with E-state index in [4.69, 9.17) is 0 Å². The zero-order valence-electron chi connectivity index (χ0n) is 16.4. The first kappa shape index (κ1) is 19.7. The molecule has 0 bridgehead atoms. The van der Waals surface area contributed by atoms with Crippen LogP contribution in [-0.2, 0) is 0 Å². The number of carbonyl (C=O) groups is 2. The van der Waals surface area contributed by atoms with Gasteiger partial charge in [0.2, 0.25) is 5.95 Å². The van der Waals surface area contributed by atoms with E-state index in [9.17, 15) is 9.59 Å². The van der Waals surface area contributed by atoms with Crippen LogP contribution in [0.15, 0.2) is 42.0 Å². The number of Topliss-reactive ketones (excluding diaryl/α,β-unsaturated/α-hetero) is 1. The number of aryl methyl sites for hydroxylation is 1. The van der Waals surface area contributed by atoms with Crippen molar-refractivity contribution in [1.29, 1.82) is 0 Å². The van der Waals surface area contributed by atoms with E-state index in [1.54, 1.807) is 30.3 Å². The van der Waals surface area contributed by atoms with E-state index in [1.807, 2.05) is 6.92 Å². The molecular weight excluding hydrogens is 352 g/mol. The molecule has 0 saturated carbocycles. The molecule has 0 aliphatic heterocycles. The van der Waals surface area contributed by atoms with Crippen molar-refractivity contribution in [3.05, 3.63) is 58.9 Å². The standard InChI is InChI=1S/C22H26N4O2/c1-15-14-20(21(28)23-13-12-17-6-4-3-5-7-17)26-22(24-15)25-19-10-8-18(9-11-19)16(2)27/h6,8-11,14H,3-5,7,12-13H2,1-2H3,(H,23,28)(H,24,25,26). The monoisotopic (exact) mass is 378 g/mol. The molecule has 2 aromatic rings. The fourth-order valence-corrected chi connectivity index (χ4v) is 3.22. The summed E-state index contributed by atoms with van der Waals surface area (Å²) in [6.07, 6.45) is 7.99. The van der Waals surface area contributed by atoms with Crippen molar-refractivity contribution in [3.63, 3.8) is 0 Å². The van der Waals surface area contributed by atoms with Crippen molar-refractivity contribution in [2.45, 2.75) is 46.0 Å². The molecule has 6 heteroatoms. The Morgan fingerprint density at radius 2 is 1.89 bits per heavy atom. The number of rotatable bonds is 7. The molecule has 1 aromatic heterocycles. The number of aromatic nitrogens is 2. The Morgan fingerprint density at radius 1 is 1.11 bits per heavy atom. The fraction of sp³-hybridized carbons (Fsp3) is 0.364. The number of benzene rings is 1. The van der Waals surface area contributed by atoms with Gasteiger partial charge >= 0.3 is 0 Å². The van der Waals surface area contributed by atoms with Gasteiger partial charge in [-0.15, -0.1) is 0 Å². The quantitative estimate of drug-likeness (QED) is 0.553. The lowest BCUT2D eigenvalue weighted by Gasteiger charge is -2.13. The zero-order chi connectivity index (χ0) is 19.9. The number of ketones is 1. The summed E-state index contributed by atoms with van der Waals surface area (Å²) in [4.78, 5) is 32.5. The van der Waals surface area contributed by atoms with Gasteiger partial charge in [-0.1, -0.05) is 11.6 Å². The normalized spacial score (nSPS) is 13.6. The van der Waals surface area contributed by atoms with E-state index in [2.05, 4.69) is 26.7 Å². The Bertz CT molecular complexity index is 888. The summed E-state index contributed by atoms with van der Waals surface area (Å²) in [5, 5.41) is 6.04. The van der Waals surface area contributed by atoms with Crippen molar-refractivity contribution in [2.75, 3.05) is 11.9 Å². The Labute approximate surface area is 165 Å². The van der Waals surface area contributed by atoms with E-state index >= 15 is 0 Å². The van der Waals surface area contributed by atoms with Crippen LogP contribution in [0.25, 0.3) is 0 Å². The van der Waals surface area contributed by atoms with E-state index in [0.29, 0.717) is 29.4 Å². The smallest absolute Gasteiger partial charge is 0.270 e. The third-order valence-corrected chi connectivity index (χ3v) is 4.75. The third-order valence-electron chi connectivity index (χ3n) is 4.75. The Balaban J connectivity index is 1.62. The van der Waals surface area contributed by atoms with Crippen LogP contribution in [0.2, 0.25) is 0 Å². The van der Waals surface area contributed by atoms with Crippen molar-refractivity contribution in [3.8, 4) is 0 Å². The first-order valence-electron chi connectivity index (χ1n) is 9.71. The number of nitrogens with one attached hydrogen (secondary N) is 2. The molecule has 1 aliphatic carbocycles. The van der Waals surface area contributed by atoms with E-state index in [0.717, 1.165) is 24.9 Å². The topological polar surface area (TPSA) is 84.0 Å². The first-order valence-corrected chi connectivity index (χ1v) is 9.71. The number of hydrogen-bond donors (Lipinski definition) is 2. The summed E-state index contributed by atoms with van der Waals surface area (Å²) in [5.41, 5.74) is 3.88. The van der Waals surface area contributed by atoms with Gasteiger partial charge in [0.05, 0.1) is 0 Å². The second-order valence-electron chi connectivity index (χ2n) is 7.09. The van der Waals surface area contributed by atoms with Gasteiger partial charge < -0.3 is 10.6 Å². The van der Waals surface area contributed by atoms with Gasteiger partial charge in [-0.05, 0) is 76.3 Å². The molecule has 0 radical (unpaired) electrons. The van der Waals surface area contributed by atoms with Gasteiger partial charge in [-0.3, -0.25) is 9.59 Å². The molecule has 2 N–H and O–H groups in total. The fourth-order valence-electron chi connectivity index (χ4n) is 3.22. The summed E-state index contributed by atoms with van der Waals surface area (Å²) in [7, 11) is 0. The highest BCUT2D eigenvalue weighted by atomic mass is 16.1. The van der Waals surface area contributed by atoms with E-state index in [-0.39, 0.29) is 11.7 Å². The number of allylic oxidation sites excluding steroid dienone is 1. The Hall–Kier alpha value is -3.02. The van der Waals surface area contributed by atoms with Crippen LogP contribution in [0.1, 0.15) is 65.6 Å².